The molecule has 4 rings (SSSR count). The first kappa shape index (κ1) is 23.8. The SMILES string of the molecule is CC[C@@H]1C=C(c2ccc(-c3cc(Oc4ccc(S(C)(=O)=O)nc4)cc(O[C@@H](C)CO)c3)[nH]2)NC1. The van der Waals surface area contributed by atoms with Crippen molar-refractivity contribution in [3.8, 4) is 28.5 Å². The van der Waals surface area contributed by atoms with Crippen molar-refractivity contribution >= 4 is 15.5 Å². The van der Waals surface area contributed by atoms with Gasteiger partial charge in [0.1, 0.15) is 23.4 Å². The fraction of sp³-hybridized carbons (Fsp3) is 0.320. The van der Waals surface area contributed by atoms with Crippen molar-refractivity contribution in [2.45, 2.75) is 31.4 Å². The molecule has 9 heteroatoms. The smallest absolute Gasteiger partial charge is 0.192 e. The van der Waals surface area contributed by atoms with E-state index in [1.165, 1.54) is 12.3 Å². The van der Waals surface area contributed by atoms with Gasteiger partial charge in [-0.05, 0) is 55.7 Å². The van der Waals surface area contributed by atoms with Gasteiger partial charge in [-0.2, -0.15) is 0 Å². The molecule has 0 radical (unpaired) electrons. The van der Waals surface area contributed by atoms with E-state index < -0.39 is 15.9 Å². The summed E-state index contributed by atoms with van der Waals surface area (Å²) in [5.74, 6) is 1.95. The Balaban J connectivity index is 1.64. The Kier molecular flexibility index (Phi) is 6.95. The van der Waals surface area contributed by atoms with Gasteiger partial charge in [-0.1, -0.05) is 13.0 Å². The Hall–Kier alpha value is -3.30. The molecule has 0 spiro atoms. The van der Waals surface area contributed by atoms with Crippen molar-refractivity contribution in [1.82, 2.24) is 15.3 Å². The molecule has 1 aliphatic heterocycles. The molecular formula is C25H29N3O5S. The third-order valence-corrected chi connectivity index (χ3v) is 6.57. The average Bonchev–Trinajstić information content (AvgIpc) is 3.48. The normalized spacial score (nSPS) is 16.6. The number of aliphatic hydroxyl groups excluding tert-OH is 1. The first-order valence-electron chi connectivity index (χ1n) is 11.2. The number of aromatic amines is 1. The Morgan fingerprint density at radius 2 is 1.88 bits per heavy atom. The van der Waals surface area contributed by atoms with Gasteiger partial charge < -0.3 is 24.9 Å². The standard InChI is InChI=1S/C25H29N3O5S/c1-4-17-9-24(26-13-17)23-7-6-22(28-23)18-10-20(32-16(2)15-29)12-21(11-18)33-19-5-8-25(27-14-19)34(3,30)31/h5-12,14,16-17,26,28-29H,4,13,15H2,1-3H3/t16-,17+/m0/s1. The quantitative estimate of drug-likeness (QED) is 0.421. The molecule has 1 aliphatic rings. The molecule has 180 valence electrons. The molecule has 8 nitrogen and oxygen atoms in total. The van der Waals surface area contributed by atoms with Crippen molar-refractivity contribution in [2.75, 3.05) is 19.4 Å². The van der Waals surface area contributed by atoms with Crippen molar-refractivity contribution in [3.63, 3.8) is 0 Å². The highest BCUT2D eigenvalue weighted by Gasteiger charge is 2.17. The van der Waals surface area contributed by atoms with Crippen molar-refractivity contribution in [3.05, 3.63) is 60.4 Å². The first-order chi connectivity index (χ1) is 16.2. The van der Waals surface area contributed by atoms with E-state index in [4.69, 9.17) is 9.47 Å². The van der Waals surface area contributed by atoms with Crippen LogP contribution < -0.4 is 14.8 Å². The Labute approximate surface area is 199 Å². The summed E-state index contributed by atoms with van der Waals surface area (Å²) in [6, 6.07) is 12.5. The van der Waals surface area contributed by atoms with Crippen molar-refractivity contribution in [1.29, 1.82) is 0 Å². The topological polar surface area (TPSA) is 114 Å². The molecule has 0 fully saturated rings. The van der Waals surface area contributed by atoms with Gasteiger partial charge >= 0.3 is 0 Å². The van der Waals surface area contributed by atoms with Gasteiger partial charge in [0.2, 0.25) is 0 Å². The highest BCUT2D eigenvalue weighted by Crippen LogP contribution is 2.33. The maximum Gasteiger partial charge on any atom is 0.192 e. The molecule has 3 N–H and O–H groups in total. The van der Waals surface area contributed by atoms with Crippen molar-refractivity contribution in [2.24, 2.45) is 5.92 Å². The Bertz CT molecular complexity index is 1280. The second-order valence-electron chi connectivity index (χ2n) is 8.43. The third kappa shape index (κ3) is 5.60. The molecule has 0 saturated carbocycles. The monoisotopic (exact) mass is 483 g/mol. The lowest BCUT2D eigenvalue weighted by Gasteiger charge is -2.15. The number of hydrogen-bond donors (Lipinski definition) is 3. The largest absolute Gasteiger partial charge is 0.488 e. The minimum absolute atomic E-state index is 0.0200. The maximum absolute atomic E-state index is 11.7. The van der Waals surface area contributed by atoms with Gasteiger partial charge in [0.25, 0.3) is 0 Å². The molecule has 0 saturated heterocycles. The van der Waals surface area contributed by atoms with E-state index in [0.29, 0.717) is 23.2 Å². The summed E-state index contributed by atoms with van der Waals surface area (Å²) in [7, 11) is -3.39. The minimum atomic E-state index is -3.39. The number of nitrogens with one attached hydrogen (secondary N) is 2. The summed E-state index contributed by atoms with van der Waals surface area (Å²) in [5.41, 5.74) is 3.82. The minimum Gasteiger partial charge on any atom is -0.488 e. The lowest BCUT2D eigenvalue weighted by atomic mass is 10.1. The second-order valence-corrected chi connectivity index (χ2v) is 10.4. The third-order valence-electron chi connectivity index (χ3n) is 5.57. The van der Waals surface area contributed by atoms with Crippen LogP contribution in [-0.4, -0.2) is 49.0 Å². The maximum atomic E-state index is 11.7. The van der Waals surface area contributed by atoms with Gasteiger partial charge in [-0.25, -0.2) is 13.4 Å². The zero-order valence-electron chi connectivity index (χ0n) is 19.4. The molecule has 3 heterocycles. The number of aromatic nitrogens is 2. The summed E-state index contributed by atoms with van der Waals surface area (Å²) < 4.78 is 35.1. The molecule has 2 aromatic heterocycles. The fourth-order valence-electron chi connectivity index (χ4n) is 3.67. The number of benzene rings is 1. The predicted octanol–water partition coefficient (Wildman–Crippen LogP) is 4.00. The molecule has 1 aromatic carbocycles. The number of hydrogen-bond acceptors (Lipinski definition) is 7. The number of sulfone groups is 1. The number of H-pyrrole nitrogens is 1. The van der Waals surface area contributed by atoms with Crippen LogP contribution in [0, 0.1) is 5.92 Å². The molecule has 34 heavy (non-hydrogen) atoms. The lowest BCUT2D eigenvalue weighted by molar-refractivity contribution is 0.129. The van der Waals surface area contributed by atoms with Crippen LogP contribution in [0.2, 0.25) is 0 Å². The second kappa shape index (κ2) is 9.90. The number of ether oxygens (including phenoxy) is 2. The van der Waals surface area contributed by atoms with E-state index in [1.54, 1.807) is 19.1 Å². The molecule has 3 aromatic rings. The predicted molar refractivity (Wildman–Crippen MR) is 131 cm³/mol. The molecule has 2 atom stereocenters. The number of aliphatic hydroxyl groups is 1. The van der Waals surface area contributed by atoms with Crippen LogP contribution in [0.15, 0.2) is 59.8 Å². The van der Waals surface area contributed by atoms with Gasteiger partial charge in [-0.15, -0.1) is 0 Å². The summed E-state index contributed by atoms with van der Waals surface area (Å²) in [6.45, 7) is 4.77. The highest BCUT2D eigenvalue weighted by molar-refractivity contribution is 7.90. The summed E-state index contributed by atoms with van der Waals surface area (Å²) >= 11 is 0. The molecule has 0 bridgehead atoms. The lowest BCUT2D eigenvalue weighted by Crippen LogP contribution is -2.16. The van der Waals surface area contributed by atoms with E-state index >= 15 is 0 Å². The zero-order valence-corrected chi connectivity index (χ0v) is 20.2. The van der Waals surface area contributed by atoms with Crippen LogP contribution >= 0.6 is 0 Å². The first-order valence-corrected chi connectivity index (χ1v) is 13.1. The zero-order chi connectivity index (χ0) is 24.3. The van der Waals surface area contributed by atoms with Crippen LogP contribution in [0.1, 0.15) is 26.0 Å². The molecule has 0 aliphatic carbocycles. The summed E-state index contributed by atoms with van der Waals surface area (Å²) in [4.78, 5) is 7.43. The number of nitrogens with zero attached hydrogens (tertiary/aromatic N) is 1. The van der Waals surface area contributed by atoms with E-state index in [9.17, 15) is 13.5 Å². The van der Waals surface area contributed by atoms with Gasteiger partial charge in [0.15, 0.2) is 14.9 Å². The number of rotatable bonds is 9. The van der Waals surface area contributed by atoms with Crippen LogP contribution in [0.4, 0.5) is 0 Å². The molecule has 0 unspecified atom stereocenters. The summed E-state index contributed by atoms with van der Waals surface area (Å²) in [5, 5.41) is 12.8. The molecule has 0 amide bonds. The highest BCUT2D eigenvalue weighted by atomic mass is 32.2. The van der Waals surface area contributed by atoms with Crippen LogP contribution in [0.3, 0.4) is 0 Å². The van der Waals surface area contributed by atoms with Gasteiger partial charge in [-0.3, -0.25) is 0 Å². The van der Waals surface area contributed by atoms with E-state index in [1.807, 2.05) is 24.3 Å². The van der Waals surface area contributed by atoms with Crippen LogP contribution in [0.25, 0.3) is 17.0 Å². The van der Waals surface area contributed by atoms with E-state index in [-0.39, 0.29) is 11.6 Å². The average molecular weight is 484 g/mol. The summed E-state index contributed by atoms with van der Waals surface area (Å²) in [6.07, 6.45) is 5.43. The van der Waals surface area contributed by atoms with Crippen LogP contribution in [-0.2, 0) is 9.84 Å². The molecular weight excluding hydrogens is 454 g/mol. The van der Waals surface area contributed by atoms with Crippen molar-refractivity contribution < 1.29 is 23.0 Å². The number of pyridine rings is 1. The van der Waals surface area contributed by atoms with E-state index in [0.717, 1.165) is 41.9 Å². The Morgan fingerprint density at radius 3 is 2.53 bits per heavy atom. The van der Waals surface area contributed by atoms with Crippen LogP contribution in [0.5, 0.6) is 17.2 Å². The Morgan fingerprint density at radius 1 is 1.12 bits per heavy atom. The van der Waals surface area contributed by atoms with Gasteiger partial charge in [0.05, 0.1) is 24.2 Å². The van der Waals surface area contributed by atoms with E-state index in [2.05, 4.69) is 28.3 Å². The fourth-order valence-corrected chi connectivity index (χ4v) is 4.23. The van der Waals surface area contributed by atoms with Gasteiger partial charge in [0, 0.05) is 30.1 Å².